The van der Waals surface area contributed by atoms with Gasteiger partial charge in [-0.15, -0.1) is 0 Å². The van der Waals surface area contributed by atoms with Crippen LogP contribution in [0.5, 0.6) is 0 Å². The standard InChI is InChI=1S/C19H22N4/c1-14-17(15(2)23(3)22-14)13-21-19(16-9-5-4-6-10-16)18-11-7-8-12-20-18/h4-12,19,21H,13H2,1-3H3/t19-/m1/s1. The van der Waals surface area contributed by atoms with Crippen LogP contribution in [0.25, 0.3) is 0 Å². The fourth-order valence-corrected chi connectivity index (χ4v) is 2.86. The van der Waals surface area contributed by atoms with Gasteiger partial charge in [0, 0.05) is 31.0 Å². The molecule has 118 valence electrons. The minimum Gasteiger partial charge on any atom is -0.301 e. The Morgan fingerprint density at radius 2 is 1.78 bits per heavy atom. The fraction of sp³-hybridized carbons (Fsp3) is 0.263. The van der Waals surface area contributed by atoms with E-state index < -0.39 is 0 Å². The van der Waals surface area contributed by atoms with Crippen LogP contribution in [0.15, 0.2) is 54.7 Å². The Balaban J connectivity index is 1.88. The van der Waals surface area contributed by atoms with E-state index in [-0.39, 0.29) is 6.04 Å². The quantitative estimate of drug-likeness (QED) is 0.786. The molecule has 2 heterocycles. The minimum absolute atomic E-state index is 0.0661. The second kappa shape index (κ2) is 6.75. The Morgan fingerprint density at radius 1 is 1.04 bits per heavy atom. The molecule has 0 saturated carbocycles. The monoisotopic (exact) mass is 306 g/mol. The van der Waals surface area contributed by atoms with E-state index in [2.05, 4.69) is 59.6 Å². The van der Waals surface area contributed by atoms with Crippen LogP contribution in [0.1, 0.15) is 34.3 Å². The first kappa shape index (κ1) is 15.4. The van der Waals surface area contributed by atoms with Gasteiger partial charge < -0.3 is 5.32 Å². The predicted octanol–water partition coefficient (Wildman–Crippen LogP) is 3.31. The zero-order valence-electron chi connectivity index (χ0n) is 13.8. The molecule has 0 radical (unpaired) electrons. The third kappa shape index (κ3) is 3.32. The molecule has 1 atom stereocenters. The molecule has 0 aliphatic heterocycles. The molecule has 1 aromatic carbocycles. The van der Waals surface area contributed by atoms with Crippen molar-refractivity contribution >= 4 is 0 Å². The average molecular weight is 306 g/mol. The van der Waals surface area contributed by atoms with Crippen LogP contribution in [0, 0.1) is 13.8 Å². The predicted molar refractivity (Wildman–Crippen MR) is 92.0 cm³/mol. The van der Waals surface area contributed by atoms with Gasteiger partial charge in [0.05, 0.1) is 17.4 Å². The second-order valence-corrected chi connectivity index (χ2v) is 5.75. The average Bonchev–Trinajstić information content (AvgIpc) is 2.83. The summed E-state index contributed by atoms with van der Waals surface area (Å²) in [6, 6.07) is 16.5. The van der Waals surface area contributed by atoms with Crippen LogP contribution in [-0.4, -0.2) is 14.8 Å². The lowest BCUT2D eigenvalue weighted by atomic mass is 10.0. The van der Waals surface area contributed by atoms with Crippen molar-refractivity contribution in [1.82, 2.24) is 20.1 Å². The van der Waals surface area contributed by atoms with Gasteiger partial charge in [-0.1, -0.05) is 36.4 Å². The van der Waals surface area contributed by atoms with Gasteiger partial charge in [-0.3, -0.25) is 9.67 Å². The van der Waals surface area contributed by atoms with Crippen LogP contribution < -0.4 is 5.32 Å². The van der Waals surface area contributed by atoms with E-state index in [1.54, 1.807) is 0 Å². The normalized spacial score (nSPS) is 12.3. The number of aromatic nitrogens is 3. The second-order valence-electron chi connectivity index (χ2n) is 5.75. The van der Waals surface area contributed by atoms with Crippen LogP contribution in [0.4, 0.5) is 0 Å². The van der Waals surface area contributed by atoms with Gasteiger partial charge in [-0.2, -0.15) is 5.10 Å². The maximum absolute atomic E-state index is 4.53. The molecule has 3 rings (SSSR count). The number of hydrogen-bond acceptors (Lipinski definition) is 3. The summed E-state index contributed by atoms with van der Waals surface area (Å²) in [7, 11) is 1.99. The van der Waals surface area contributed by atoms with Crippen molar-refractivity contribution in [2.45, 2.75) is 26.4 Å². The summed E-state index contributed by atoms with van der Waals surface area (Å²) in [5, 5.41) is 8.14. The number of benzene rings is 1. The molecule has 4 heteroatoms. The first-order valence-electron chi connectivity index (χ1n) is 7.85. The summed E-state index contributed by atoms with van der Waals surface area (Å²) in [6.45, 7) is 4.93. The molecule has 1 N–H and O–H groups in total. The molecular weight excluding hydrogens is 284 g/mol. The molecule has 3 aromatic rings. The van der Waals surface area contributed by atoms with Crippen molar-refractivity contribution in [2.24, 2.45) is 7.05 Å². The van der Waals surface area contributed by atoms with E-state index in [4.69, 9.17) is 0 Å². The van der Waals surface area contributed by atoms with E-state index in [1.165, 1.54) is 16.8 Å². The summed E-state index contributed by atoms with van der Waals surface area (Å²) < 4.78 is 1.94. The molecule has 2 aromatic heterocycles. The van der Waals surface area contributed by atoms with Gasteiger partial charge in [-0.05, 0) is 31.5 Å². The summed E-state index contributed by atoms with van der Waals surface area (Å²) in [5.74, 6) is 0. The number of nitrogens with one attached hydrogen (secondary N) is 1. The minimum atomic E-state index is 0.0661. The fourth-order valence-electron chi connectivity index (χ4n) is 2.86. The Morgan fingerprint density at radius 3 is 2.39 bits per heavy atom. The molecule has 0 aliphatic carbocycles. The summed E-state index contributed by atoms with van der Waals surface area (Å²) >= 11 is 0. The van der Waals surface area contributed by atoms with Crippen LogP contribution >= 0.6 is 0 Å². The Hall–Kier alpha value is -2.46. The zero-order chi connectivity index (χ0) is 16.2. The number of nitrogens with zero attached hydrogens (tertiary/aromatic N) is 3. The maximum Gasteiger partial charge on any atom is 0.0754 e. The SMILES string of the molecule is Cc1nn(C)c(C)c1CN[C@H](c1ccccc1)c1ccccn1. The van der Waals surface area contributed by atoms with E-state index in [0.29, 0.717) is 0 Å². The van der Waals surface area contributed by atoms with Crippen LogP contribution in [-0.2, 0) is 13.6 Å². The summed E-state index contributed by atoms with van der Waals surface area (Å²) in [6.07, 6.45) is 1.84. The highest BCUT2D eigenvalue weighted by Gasteiger charge is 2.16. The van der Waals surface area contributed by atoms with Crippen LogP contribution in [0.3, 0.4) is 0 Å². The van der Waals surface area contributed by atoms with E-state index in [9.17, 15) is 0 Å². The Kier molecular flexibility index (Phi) is 4.53. The van der Waals surface area contributed by atoms with Crippen molar-refractivity contribution < 1.29 is 0 Å². The van der Waals surface area contributed by atoms with Crippen molar-refractivity contribution in [3.8, 4) is 0 Å². The highest BCUT2D eigenvalue weighted by atomic mass is 15.3. The molecule has 0 amide bonds. The molecule has 0 fully saturated rings. The number of rotatable bonds is 5. The maximum atomic E-state index is 4.53. The van der Waals surface area contributed by atoms with Crippen LogP contribution in [0.2, 0.25) is 0 Å². The Labute approximate surface area is 137 Å². The highest BCUT2D eigenvalue weighted by molar-refractivity contribution is 5.29. The van der Waals surface area contributed by atoms with Gasteiger partial charge >= 0.3 is 0 Å². The molecule has 0 spiro atoms. The van der Waals surface area contributed by atoms with Gasteiger partial charge in [-0.25, -0.2) is 0 Å². The topological polar surface area (TPSA) is 42.7 Å². The smallest absolute Gasteiger partial charge is 0.0754 e. The molecule has 0 unspecified atom stereocenters. The lowest BCUT2D eigenvalue weighted by Gasteiger charge is -2.19. The molecule has 4 nitrogen and oxygen atoms in total. The third-order valence-corrected chi connectivity index (χ3v) is 4.26. The number of aryl methyl sites for hydroxylation is 2. The number of pyridine rings is 1. The largest absolute Gasteiger partial charge is 0.301 e. The third-order valence-electron chi connectivity index (χ3n) is 4.26. The van der Waals surface area contributed by atoms with Gasteiger partial charge in [0.2, 0.25) is 0 Å². The van der Waals surface area contributed by atoms with E-state index in [0.717, 1.165) is 17.9 Å². The molecule has 0 aliphatic rings. The van der Waals surface area contributed by atoms with Crippen molar-refractivity contribution in [3.05, 3.63) is 82.9 Å². The van der Waals surface area contributed by atoms with Crippen molar-refractivity contribution in [2.75, 3.05) is 0 Å². The highest BCUT2D eigenvalue weighted by Crippen LogP contribution is 2.21. The Bertz CT molecular complexity index is 723. The molecular formula is C19H22N4. The zero-order valence-corrected chi connectivity index (χ0v) is 13.8. The van der Waals surface area contributed by atoms with Crippen molar-refractivity contribution in [1.29, 1.82) is 0 Å². The van der Waals surface area contributed by atoms with Gasteiger partial charge in [0.15, 0.2) is 0 Å². The van der Waals surface area contributed by atoms with Crippen molar-refractivity contribution in [3.63, 3.8) is 0 Å². The van der Waals surface area contributed by atoms with Gasteiger partial charge in [0.25, 0.3) is 0 Å². The molecule has 0 saturated heterocycles. The summed E-state index contributed by atoms with van der Waals surface area (Å²) in [5.41, 5.74) is 5.76. The van der Waals surface area contributed by atoms with E-state index >= 15 is 0 Å². The lowest BCUT2D eigenvalue weighted by Crippen LogP contribution is -2.23. The van der Waals surface area contributed by atoms with E-state index in [1.807, 2.05) is 36.1 Å². The first-order chi connectivity index (χ1) is 11.2. The summed E-state index contributed by atoms with van der Waals surface area (Å²) in [4.78, 5) is 4.53. The van der Waals surface area contributed by atoms with Gasteiger partial charge in [0.1, 0.15) is 0 Å². The first-order valence-corrected chi connectivity index (χ1v) is 7.85. The number of hydrogen-bond donors (Lipinski definition) is 1. The molecule has 23 heavy (non-hydrogen) atoms. The lowest BCUT2D eigenvalue weighted by molar-refractivity contribution is 0.588. The molecule has 0 bridgehead atoms.